The molecule has 1 aromatic carbocycles. The monoisotopic (exact) mass is 575 g/mol. The van der Waals surface area contributed by atoms with Gasteiger partial charge in [-0.25, -0.2) is 4.79 Å². The van der Waals surface area contributed by atoms with Crippen LogP contribution in [0.15, 0.2) is 30.5 Å². The van der Waals surface area contributed by atoms with E-state index < -0.39 is 79.0 Å². The van der Waals surface area contributed by atoms with Crippen LogP contribution >= 0.6 is 0 Å². The Labute approximate surface area is 235 Å². The highest BCUT2D eigenvalue weighted by Crippen LogP contribution is 2.19. The number of aromatic nitrogens is 1. The summed E-state index contributed by atoms with van der Waals surface area (Å²) < 4.78 is 0. The highest BCUT2D eigenvalue weighted by atomic mass is 16.4. The number of nitrogens with two attached hydrogens (primary N) is 3. The summed E-state index contributed by atoms with van der Waals surface area (Å²) in [5.41, 5.74) is 18.2. The van der Waals surface area contributed by atoms with E-state index in [0.29, 0.717) is 31.4 Å². The van der Waals surface area contributed by atoms with Crippen LogP contribution in [0.1, 0.15) is 44.1 Å². The molecule has 0 saturated heterocycles. The zero-order valence-electron chi connectivity index (χ0n) is 22.4. The van der Waals surface area contributed by atoms with Crippen LogP contribution in [-0.2, 0) is 35.2 Å². The van der Waals surface area contributed by atoms with Crippen molar-refractivity contribution in [3.63, 3.8) is 0 Å². The summed E-state index contributed by atoms with van der Waals surface area (Å²) in [4.78, 5) is 76.4. The van der Waals surface area contributed by atoms with Gasteiger partial charge >= 0.3 is 11.9 Å². The Kier molecular flexibility index (Phi) is 12.7. The van der Waals surface area contributed by atoms with E-state index in [1.807, 2.05) is 18.2 Å². The number of carboxylic acid groups (broad SMARTS) is 2. The van der Waals surface area contributed by atoms with Crippen molar-refractivity contribution in [2.24, 2.45) is 17.2 Å². The van der Waals surface area contributed by atoms with Gasteiger partial charge in [0.25, 0.3) is 0 Å². The Hall–Kier alpha value is -4.50. The van der Waals surface area contributed by atoms with Crippen molar-refractivity contribution in [2.75, 3.05) is 6.54 Å². The van der Waals surface area contributed by atoms with Crippen molar-refractivity contribution in [1.82, 2.24) is 20.9 Å². The molecule has 0 spiro atoms. The third-order valence-electron chi connectivity index (χ3n) is 6.34. The van der Waals surface area contributed by atoms with E-state index in [1.54, 1.807) is 12.3 Å². The van der Waals surface area contributed by atoms with Crippen LogP contribution in [0, 0.1) is 0 Å². The fraction of sp³-hybridized carbons (Fsp3) is 0.462. The van der Waals surface area contributed by atoms with Gasteiger partial charge in [0.1, 0.15) is 18.1 Å². The quantitative estimate of drug-likeness (QED) is 0.0922. The van der Waals surface area contributed by atoms with Crippen molar-refractivity contribution in [2.45, 2.75) is 69.1 Å². The molecule has 0 radical (unpaired) electrons. The number of amides is 4. The molecule has 0 bridgehead atoms. The number of rotatable bonds is 18. The van der Waals surface area contributed by atoms with Crippen LogP contribution in [0.2, 0.25) is 0 Å². The summed E-state index contributed by atoms with van der Waals surface area (Å²) in [6.07, 6.45) is 1.57. The van der Waals surface area contributed by atoms with E-state index in [2.05, 4.69) is 20.9 Å². The van der Waals surface area contributed by atoms with Gasteiger partial charge in [-0.05, 0) is 37.4 Å². The van der Waals surface area contributed by atoms with Crippen molar-refractivity contribution >= 4 is 46.5 Å². The van der Waals surface area contributed by atoms with Crippen LogP contribution in [0.5, 0.6) is 0 Å². The number of unbranched alkanes of at least 4 members (excludes halogenated alkanes) is 1. The van der Waals surface area contributed by atoms with E-state index in [4.69, 9.17) is 22.3 Å². The van der Waals surface area contributed by atoms with Crippen LogP contribution in [0.4, 0.5) is 0 Å². The van der Waals surface area contributed by atoms with Gasteiger partial charge in [-0.3, -0.25) is 24.0 Å². The number of nitrogens with one attached hydrogen (secondary N) is 4. The van der Waals surface area contributed by atoms with E-state index in [1.165, 1.54) is 0 Å². The van der Waals surface area contributed by atoms with Crippen molar-refractivity contribution in [3.05, 3.63) is 36.0 Å². The van der Waals surface area contributed by atoms with Crippen molar-refractivity contribution < 1.29 is 39.0 Å². The molecule has 0 aliphatic heterocycles. The number of hydrogen-bond acceptors (Lipinski definition) is 8. The summed E-state index contributed by atoms with van der Waals surface area (Å²) in [6.45, 7) is 0.433. The number of aliphatic carboxylic acids is 2. The van der Waals surface area contributed by atoms with E-state index in [9.17, 15) is 33.9 Å². The summed E-state index contributed by atoms with van der Waals surface area (Å²) in [5.74, 6) is -6.27. The second kappa shape index (κ2) is 15.9. The number of benzene rings is 1. The average Bonchev–Trinajstić information content (AvgIpc) is 3.32. The van der Waals surface area contributed by atoms with Gasteiger partial charge in [-0.15, -0.1) is 0 Å². The average molecular weight is 576 g/mol. The number of aromatic amines is 1. The minimum atomic E-state index is -1.60. The predicted octanol–water partition coefficient (Wildman–Crippen LogP) is -1.55. The molecule has 41 heavy (non-hydrogen) atoms. The molecule has 15 heteroatoms. The van der Waals surface area contributed by atoms with Crippen LogP contribution in [-0.4, -0.2) is 81.5 Å². The zero-order valence-corrected chi connectivity index (χ0v) is 22.4. The van der Waals surface area contributed by atoms with Gasteiger partial charge in [0, 0.05) is 29.9 Å². The molecule has 1 heterocycles. The third kappa shape index (κ3) is 10.5. The summed E-state index contributed by atoms with van der Waals surface area (Å²) in [6, 6.07) is 1.90. The second-order valence-electron chi connectivity index (χ2n) is 9.58. The van der Waals surface area contributed by atoms with Gasteiger partial charge in [-0.1, -0.05) is 24.6 Å². The van der Waals surface area contributed by atoms with Crippen LogP contribution in [0.3, 0.4) is 0 Å². The second-order valence-corrected chi connectivity index (χ2v) is 9.58. The van der Waals surface area contributed by atoms with Crippen LogP contribution in [0.25, 0.3) is 10.9 Å². The number of carbonyl (C=O) groups excluding carboxylic acids is 4. The Balaban J connectivity index is 2.27. The van der Waals surface area contributed by atoms with E-state index >= 15 is 0 Å². The highest BCUT2D eigenvalue weighted by Gasteiger charge is 2.32. The number of para-hydroxylation sites is 1. The maximum atomic E-state index is 13.4. The molecule has 12 N–H and O–H groups in total. The molecular formula is C26H37N7O8. The summed E-state index contributed by atoms with van der Waals surface area (Å²) in [7, 11) is 0. The van der Waals surface area contributed by atoms with Gasteiger partial charge in [0.15, 0.2) is 0 Å². The number of primary amides is 1. The van der Waals surface area contributed by atoms with E-state index in [-0.39, 0.29) is 6.42 Å². The summed E-state index contributed by atoms with van der Waals surface area (Å²) in [5, 5.41) is 26.1. The van der Waals surface area contributed by atoms with Crippen LogP contribution < -0.4 is 33.2 Å². The molecule has 0 saturated carbocycles. The lowest BCUT2D eigenvalue weighted by Crippen LogP contribution is -2.58. The maximum Gasteiger partial charge on any atom is 0.326 e. The minimum absolute atomic E-state index is 0.0155. The predicted molar refractivity (Wildman–Crippen MR) is 147 cm³/mol. The molecule has 4 atom stereocenters. The molecule has 2 aromatic rings. The Morgan fingerprint density at radius 2 is 1.49 bits per heavy atom. The number of carbonyl (C=O) groups is 6. The zero-order chi connectivity index (χ0) is 30.5. The van der Waals surface area contributed by atoms with Gasteiger partial charge < -0.3 is 48.3 Å². The van der Waals surface area contributed by atoms with E-state index in [0.717, 1.165) is 10.9 Å². The first-order valence-electron chi connectivity index (χ1n) is 13.1. The first kappa shape index (κ1) is 32.7. The SMILES string of the molecule is NCCCCC(N)C(=O)NC(Cc1c[nH]c2ccccc12)C(=O)NC(CC(N)=O)C(=O)NC(CCC(=O)O)C(=O)O. The molecular weight excluding hydrogens is 538 g/mol. The smallest absolute Gasteiger partial charge is 0.326 e. The highest BCUT2D eigenvalue weighted by molar-refractivity contribution is 5.96. The number of fused-ring (bicyclic) bond motifs is 1. The standard InChI is InChI=1S/C26H37N7O8/c27-10-4-3-6-16(28)23(37)32-19(11-14-13-30-17-7-2-1-5-15(14)17)24(38)33-20(12-21(29)34)25(39)31-18(26(40)41)8-9-22(35)36/h1-2,5,7,13,16,18-20,30H,3-4,6,8-12,27-28H2,(H2,29,34)(H,31,39)(H,32,37)(H,33,38)(H,35,36)(H,40,41). The van der Waals surface area contributed by atoms with Crippen molar-refractivity contribution in [1.29, 1.82) is 0 Å². The molecule has 4 amide bonds. The molecule has 15 nitrogen and oxygen atoms in total. The fourth-order valence-corrected chi connectivity index (χ4v) is 4.13. The fourth-order valence-electron chi connectivity index (χ4n) is 4.13. The Morgan fingerprint density at radius 1 is 0.854 bits per heavy atom. The number of H-pyrrole nitrogens is 1. The molecule has 4 unspecified atom stereocenters. The lowest BCUT2D eigenvalue weighted by Gasteiger charge is -2.25. The molecule has 0 fully saturated rings. The van der Waals surface area contributed by atoms with Gasteiger partial charge in [0.2, 0.25) is 23.6 Å². The van der Waals surface area contributed by atoms with Gasteiger partial charge in [0.05, 0.1) is 12.5 Å². The topological polar surface area (TPSA) is 273 Å². The lowest BCUT2D eigenvalue weighted by molar-refractivity contribution is -0.143. The maximum absolute atomic E-state index is 13.4. The molecule has 2 rings (SSSR count). The largest absolute Gasteiger partial charge is 0.481 e. The Morgan fingerprint density at radius 3 is 2.12 bits per heavy atom. The number of hydrogen-bond donors (Lipinski definition) is 9. The molecule has 1 aromatic heterocycles. The first-order valence-corrected chi connectivity index (χ1v) is 13.1. The first-order chi connectivity index (χ1) is 19.4. The summed E-state index contributed by atoms with van der Waals surface area (Å²) >= 11 is 0. The minimum Gasteiger partial charge on any atom is -0.481 e. The normalized spacial score (nSPS) is 13.9. The molecule has 0 aliphatic carbocycles. The molecule has 224 valence electrons. The molecule has 0 aliphatic rings. The van der Waals surface area contributed by atoms with Gasteiger partial charge in [-0.2, -0.15) is 0 Å². The third-order valence-corrected chi connectivity index (χ3v) is 6.34. The van der Waals surface area contributed by atoms with Crippen molar-refractivity contribution in [3.8, 4) is 0 Å². The Bertz CT molecular complexity index is 1250. The lowest BCUT2D eigenvalue weighted by atomic mass is 10.0. The number of carboxylic acids is 2.